The van der Waals surface area contributed by atoms with E-state index in [2.05, 4.69) is 20.7 Å². The molecule has 0 unspecified atom stereocenters. The van der Waals surface area contributed by atoms with Crippen molar-refractivity contribution in [2.24, 2.45) is 0 Å². The van der Waals surface area contributed by atoms with Crippen LogP contribution in [0.5, 0.6) is 5.75 Å². The fourth-order valence-electron chi connectivity index (χ4n) is 3.12. The van der Waals surface area contributed by atoms with Crippen LogP contribution >= 0.6 is 0 Å². The van der Waals surface area contributed by atoms with Crippen LogP contribution in [0.15, 0.2) is 30.5 Å². The minimum absolute atomic E-state index is 0.236. The molecule has 0 saturated heterocycles. The standard InChI is InChI=1S/C19H20FN5O2/c1-3-14-17-18-23-16(6-7-25(18)24-14)21-10-12-8-13(20)4-5-15(12)27-11(2)9-22-19(17)26/h4-8,11H,3,9-10H2,1-2H3,(H,21,23)(H,22,26)/t11-/m0/s1. The number of carbonyl (C=O) groups excluding carboxylic acids is 1. The molecule has 3 aromatic rings. The third kappa shape index (κ3) is 3.30. The number of anilines is 1. The predicted molar refractivity (Wildman–Crippen MR) is 98.5 cm³/mol. The van der Waals surface area contributed by atoms with Gasteiger partial charge in [-0.15, -0.1) is 0 Å². The van der Waals surface area contributed by atoms with Crippen molar-refractivity contribution < 1.29 is 13.9 Å². The molecule has 0 fully saturated rings. The van der Waals surface area contributed by atoms with Crippen LogP contribution in [0.25, 0.3) is 5.65 Å². The molecule has 0 aliphatic carbocycles. The summed E-state index contributed by atoms with van der Waals surface area (Å²) in [6.07, 6.45) is 2.09. The fraction of sp³-hybridized carbons (Fsp3) is 0.316. The van der Waals surface area contributed by atoms with E-state index in [-0.39, 0.29) is 17.8 Å². The van der Waals surface area contributed by atoms with Gasteiger partial charge in [-0.05, 0) is 37.6 Å². The largest absolute Gasteiger partial charge is 0.489 e. The summed E-state index contributed by atoms with van der Waals surface area (Å²) in [6, 6.07) is 6.16. The van der Waals surface area contributed by atoms with Crippen molar-refractivity contribution in [1.82, 2.24) is 19.9 Å². The summed E-state index contributed by atoms with van der Waals surface area (Å²) in [5.41, 5.74) is 2.32. The maximum atomic E-state index is 13.7. The summed E-state index contributed by atoms with van der Waals surface area (Å²) in [4.78, 5) is 17.3. The number of ether oxygens (including phenoxy) is 1. The first-order valence-corrected chi connectivity index (χ1v) is 8.90. The van der Waals surface area contributed by atoms with Crippen LogP contribution in [0, 0.1) is 5.82 Å². The summed E-state index contributed by atoms with van der Waals surface area (Å²) < 4.78 is 21.2. The van der Waals surface area contributed by atoms with Crippen molar-refractivity contribution in [3.05, 3.63) is 53.1 Å². The highest BCUT2D eigenvalue weighted by Gasteiger charge is 2.22. The molecular formula is C19H20FN5O2. The zero-order chi connectivity index (χ0) is 19.0. The van der Waals surface area contributed by atoms with Gasteiger partial charge in [0, 0.05) is 18.3 Å². The SMILES string of the molecule is CCc1nn2ccc3nc2c1C(=O)NC[C@H](C)Oc1ccc(F)cc1CN3. The molecular weight excluding hydrogens is 349 g/mol. The van der Waals surface area contributed by atoms with Crippen LogP contribution < -0.4 is 15.4 Å². The molecule has 1 aliphatic rings. The van der Waals surface area contributed by atoms with E-state index in [1.807, 2.05) is 13.8 Å². The van der Waals surface area contributed by atoms with Gasteiger partial charge in [0.05, 0.1) is 12.2 Å². The van der Waals surface area contributed by atoms with Crippen LogP contribution in [0.4, 0.5) is 10.2 Å². The Labute approximate surface area is 155 Å². The lowest BCUT2D eigenvalue weighted by atomic mass is 10.2. The Morgan fingerprint density at radius 3 is 3.00 bits per heavy atom. The van der Waals surface area contributed by atoms with Gasteiger partial charge in [-0.3, -0.25) is 4.79 Å². The maximum Gasteiger partial charge on any atom is 0.257 e. The van der Waals surface area contributed by atoms with E-state index in [9.17, 15) is 9.18 Å². The molecule has 2 bridgehead atoms. The minimum Gasteiger partial charge on any atom is -0.489 e. The number of aromatic nitrogens is 3. The highest BCUT2D eigenvalue weighted by Crippen LogP contribution is 2.23. The summed E-state index contributed by atoms with van der Waals surface area (Å²) in [5.74, 6) is 0.573. The number of nitrogens with one attached hydrogen (secondary N) is 2. The topological polar surface area (TPSA) is 80.6 Å². The number of fused-ring (bicyclic) bond motifs is 2. The van der Waals surface area contributed by atoms with Crippen molar-refractivity contribution in [2.45, 2.75) is 32.9 Å². The molecule has 4 rings (SSSR count). The van der Waals surface area contributed by atoms with Crippen LogP contribution in [0.3, 0.4) is 0 Å². The summed E-state index contributed by atoms with van der Waals surface area (Å²) in [6.45, 7) is 4.45. The average molecular weight is 369 g/mol. The number of amides is 1. The smallest absolute Gasteiger partial charge is 0.257 e. The van der Waals surface area contributed by atoms with Crippen molar-refractivity contribution in [2.75, 3.05) is 11.9 Å². The average Bonchev–Trinajstić information content (AvgIpc) is 3.03. The third-order valence-electron chi connectivity index (χ3n) is 4.48. The Morgan fingerprint density at radius 1 is 1.33 bits per heavy atom. The highest BCUT2D eigenvalue weighted by molar-refractivity contribution is 6.01. The van der Waals surface area contributed by atoms with Gasteiger partial charge in [-0.1, -0.05) is 6.92 Å². The van der Waals surface area contributed by atoms with E-state index in [4.69, 9.17) is 4.74 Å². The number of aryl methyl sites for hydroxylation is 1. The van der Waals surface area contributed by atoms with E-state index in [1.165, 1.54) is 12.1 Å². The van der Waals surface area contributed by atoms with Crippen molar-refractivity contribution in [3.63, 3.8) is 0 Å². The number of halogens is 1. The Morgan fingerprint density at radius 2 is 2.19 bits per heavy atom. The van der Waals surface area contributed by atoms with E-state index in [0.717, 1.165) is 0 Å². The molecule has 2 N–H and O–H groups in total. The van der Waals surface area contributed by atoms with E-state index in [0.29, 0.717) is 53.5 Å². The molecule has 0 radical (unpaired) electrons. The first kappa shape index (κ1) is 17.3. The molecule has 3 heterocycles. The van der Waals surface area contributed by atoms with Crippen LogP contribution in [-0.4, -0.2) is 33.2 Å². The molecule has 8 heteroatoms. The van der Waals surface area contributed by atoms with E-state index in [1.54, 1.807) is 22.8 Å². The lowest BCUT2D eigenvalue weighted by Gasteiger charge is -2.18. The quantitative estimate of drug-likeness (QED) is 0.689. The third-order valence-corrected chi connectivity index (χ3v) is 4.48. The van der Waals surface area contributed by atoms with Gasteiger partial charge in [-0.25, -0.2) is 13.9 Å². The highest BCUT2D eigenvalue weighted by atomic mass is 19.1. The molecule has 0 spiro atoms. The number of carbonyl (C=O) groups is 1. The Balaban J connectivity index is 1.80. The van der Waals surface area contributed by atoms with Crippen molar-refractivity contribution in [3.8, 4) is 5.75 Å². The Kier molecular flexibility index (Phi) is 4.39. The molecule has 1 atom stereocenters. The van der Waals surface area contributed by atoms with E-state index >= 15 is 0 Å². The Hall–Kier alpha value is -3.16. The number of benzene rings is 1. The molecule has 2 aromatic heterocycles. The first-order valence-electron chi connectivity index (χ1n) is 8.90. The summed E-state index contributed by atoms with van der Waals surface area (Å²) >= 11 is 0. The van der Waals surface area contributed by atoms with Gasteiger partial charge >= 0.3 is 0 Å². The van der Waals surface area contributed by atoms with Gasteiger partial charge in [0.15, 0.2) is 5.65 Å². The molecule has 1 aliphatic heterocycles. The van der Waals surface area contributed by atoms with Gasteiger partial charge in [-0.2, -0.15) is 5.10 Å². The first-order chi connectivity index (χ1) is 13.0. The van der Waals surface area contributed by atoms with E-state index < -0.39 is 0 Å². The normalized spacial score (nSPS) is 17.1. The van der Waals surface area contributed by atoms with Gasteiger partial charge in [0.1, 0.15) is 29.1 Å². The second-order valence-electron chi connectivity index (χ2n) is 6.50. The number of nitrogens with zero attached hydrogens (tertiary/aromatic N) is 3. The number of hydrogen-bond acceptors (Lipinski definition) is 5. The fourth-order valence-corrected chi connectivity index (χ4v) is 3.12. The minimum atomic E-state index is -0.335. The van der Waals surface area contributed by atoms with Gasteiger partial charge in [0.25, 0.3) is 5.91 Å². The van der Waals surface area contributed by atoms with Crippen molar-refractivity contribution in [1.29, 1.82) is 0 Å². The molecule has 140 valence electrons. The zero-order valence-electron chi connectivity index (χ0n) is 15.1. The number of rotatable bonds is 1. The summed E-state index contributed by atoms with van der Waals surface area (Å²) in [5, 5.41) is 10.5. The van der Waals surface area contributed by atoms with Gasteiger partial charge in [0.2, 0.25) is 0 Å². The van der Waals surface area contributed by atoms with Gasteiger partial charge < -0.3 is 15.4 Å². The van der Waals surface area contributed by atoms with Crippen LogP contribution in [0.2, 0.25) is 0 Å². The molecule has 0 saturated carbocycles. The maximum absolute atomic E-state index is 13.7. The Bertz CT molecular complexity index is 1020. The zero-order valence-corrected chi connectivity index (χ0v) is 15.1. The molecule has 27 heavy (non-hydrogen) atoms. The monoisotopic (exact) mass is 369 g/mol. The van der Waals surface area contributed by atoms with Crippen LogP contribution in [-0.2, 0) is 13.0 Å². The van der Waals surface area contributed by atoms with Crippen molar-refractivity contribution >= 4 is 17.4 Å². The number of hydrogen-bond donors (Lipinski definition) is 2. The predicted octanol–water partition coefficient (Wildman–Crippen LogP) is 2.55. The second-order valence-corrected chi connectivity index (χ2v) is 6.50. The van der Waals surface area contributed by atoms with Crippen LogP contribution in [0.1, 0.15) is 35.5 Å². The second kappa shape index (κ2) is 6.86. The molecule has 1 aromatic carbocycles. The lowest BCUT2D eigenvalue weighted by Crippen LogP contribution is -2.34. The lowest BCUT2D eigenvalue weighted by molar-refractivity contribution is 0.0932. The summed E-state index contributed by atoms with van der Waals surface area (Å²) in [7, 11) is 0. The molecule has 1 amide bonds. The molecule has 7 nitrogen and oxygen atoms in total.